The van der Waals surface area contributed by atoms with Crippen LogP contribution < -0.4 is 0 Å². The summed E-state index contributed by atoms with van der Waals surface area (Å²) in [6.07, 6.45) is 4.28. The van der Waals surface area contributed by atoms with Gasteiger partial charge >= 0.3 is 5.97 Å². The van der Waals surface area contributed by atoms with Crippen LogP contribution in [0.15, 0.2) is 18.3 Å². The van der Waals surface area contributed by atoms with Crippen LogP contribution in [0.1, 0.15) is 38.0 Å². The molecular formula is C13H16ClNO3. The molecule has 3 atom stereocenters. The Hall–Kier alpha value is -1.13. The normalized spacial score (nSPS) is 23.7. The summed E-state index contributed by atoms with van der Waals surface area (Å²) in [5.41, 5.74) is 0.860. The van der Waals surface area contributed by atoms with Crippen molar-refractivity contribution in [3.8, 4) is 0 Å². The van der Waals surface area contributed by atoms with Crippen LogP contribution in [0.2, 0.25) is 5.02 Å². The van der Waals surface area contributed by atoms with Crippen LogP contribution in [-0.2, 0) is 9.53 Å². The number of aliphatic carboxylic acids is 1. The van der Waals surface area contributed by atoms with E-state index in [2.05, 4.69) is 4.98 Å². The summed E-state index contributed by atoms with van der Waals surface area (Å²) in [6.45, 7) is 1.73. The van der Waals surface area contributed by atoms with Gasteiger partial charge in [-0.2, -0.15) is 0 Å². The van der Waals surface area contributed by atoms with E-state index in [1.807, 2.05) is 6.07 Å². The predicted molar refractivity (Wildman–Crippen MR) is 67.5 cm³/mol. The SMILES string of the molecule is CC(CCCC1OC1c1cc(Cl)ccn1)C(=O)O. The number of carboxylic acids is 1. The molecule has 1 fully saturated rings. The summed E-state index contributed by atoms with van der Waals surface area (Å²) in [7, 11) is 0. The summed E-state index contributed by atoms with van der Waals surface area (Å²) in [6, 6.07) is 3.54. The molecule has 18 heavy (non-hydrogen) atoms. The molecule has 1 saturated heterocycles. The molecule has 1 aliphatic rings. The first-order valence-electron chi connectivity index (χ1n) is 6.07. The van der Waals surface area contributed by atoms with Gasteiger partial charge in [0.05, 0.1) is 17.7 Å². The molecule has 1 aromatic heterocycles. The monoisotopic (exact) mass is 269 g/mol. The van der Waals surface area contributed by atoms with Crippen LogP contribution in [0.4, 0.5) is 0 Å². The van der Waals surface area contributed by atoms with Crippen LogP contribution in [0.3, 0.4) is 0 Å². The summed E-state index contributed by atoms with van der Waals surface area (Å²) >= 11 is 5.88. The highest BCUT2D eigenvalue weighted by Gasteiger charge is 2.40. The van der Waals surface area contributed by atoms with E-state index in [9.17, 15) is 4.79 Å². The molecule has 0 aromatic carbocycles. The van der Waals surface area contributed by atoms with Gasteiger partial charge in [0, 0.05) is 11.2 Å². The number of ether oxygens (including phenoxy) is 1. The van der Waals surface area contributed by atoms with Crippen molar-refractivity contribution in [2.24, 2.45) is 5.92 Å². The number of nitrogens with zero attached hydrogens (tertiary/aromatic N) is 1. The number of pyridine rings is 1. The highest BCUT2D eigenvalue weighted by molar-refractivity contribution is 6.30. The molecule has 5 heteroatoms. The number of epoxide rings is 1. The lowest BCUT2D eigenvalue weighted by atomic mass is 10.0. The highest BCUT2D eigenvalue weighted by Crippen LogP contribution is 2.41. The summed E-state index contributed by atoms with van der Waals surface area (Å²) in [5, 5.41) is 9.43. The molecule has 4 nitrogen and oxygen atoms in total. The lowest BCUT2D eigenvalue weighted by Gasteiger charge is -2.03. The standard InChI is InChI=1S/C13H16ClNO3/c1-8(13(16)17)3-2-4-11-12(18-11)10-7-9(14)5-6-15-10/h5-8,11-12H,2-4H2,1H3,(H,16,17). The van der Waals surface area contributed by atoms with Crippen LogP contribution in [0.5, 0.6) is 0 Å². The zero-order valence-corrected chi connectivity index (χ0v) is 10.9. The fraction of sp³-hybridized carbons (Fsp3) is 0.538. The maximum absolute atomic E-state index is 10.7. The molecule has 1 aromatic rings. The Balaban J connectivity index is 1.74. The third-order valence-electron chi connectivity index (χ3n) is 3.16. The van der Waals surface area contributed by atoms with Crippen molar-refractivity contribution in [2.75, 3.05) is 0 Å². The molecule has 0 spiro atoms. The number of aromatic nitrogens is 1. The van der Waals surface area contributed by atoms with E-state index in [1.165, 1.54) is 0 Å². The van der Waals surface area contributed by atoms with Crippen molar-refractivity contribution in [3.63, 3.8) is 0 Å². The molecule has 0 aliphatic carbocycles. The van der Waals surface area contributed by atoms with Gasteiger partial charge in [-0.15, -0.1) is 0 Å². The van der Waals surface area contributed by atoms with Crippen molar-refractivity contribution in [1.82, 2.24) is 4.98 Å². The number of rotatable bonds is 6. The Morgan fingerprint density at radius 3 is 3.11 bits per heavy atom. The number of halogens is 1. The van der Waals surface area contributed by atoms with Crippen molar-refractivity contribution in [3.05, 3.63) is 29.0 Å². The quantitative estimate of drug-likeness (QED) is 0.806. The smallest absolute Gasteiger partial charge is 0.306 e. The number of carbonyl (C=O) groups is 1. The van der Waals surface area contributed by atoms with Gasteiger partial charge in [-0.25, -0.2) is 0 Å². The zero-order chi connectivity index (χ0) is 13.1. The maximum atomic E-state index is 10.7. The molecule has 2 rings (SSSR count). The van der Waals surface area contributed by atoms with Gasteiger partial charge in [-0.3, -0.25) is 9.78 Å². The van der Waals surface area contributed by atoms with Crippen molar-refractivity contribution in [2.45, 2.75) is 38.4 Å². The van der Waals surface area contributed by atoms with Gasteiger partial charge in [0.15, 0.2) is 0 Å². The van der Waals surface area contributed by atoms with Gasteiger partial charge < -0.3 is 9.84 Å². The number of carboxylic acid groups (broad SMARTS) is 1. The summed E-state index contributed by atoms with van der Waals surface area (Å²) < 4.78 is 5.53. The molecule has 2 heterocycles. The summed E-state index contributed by atoms with van der Waals surface area (Å²) in [5.74, 6) is -1.02. The van der Waals surface area contributed by atoms with Crippen molar-refractivity contribution < 1.29 is 14.6 Å². The van der Waals surface area contributed by atoms with E-state index in [4.69, 9.17) is 21.4 Å². The molecule has 0 bridgehead atoms. The zero-order valence-electron chi connectivity index (χ0n) is 10.2. The average molecular weight is 270 g/mol. The van der Waals surface area contributed by atoms with E-state index in [0.717, 1.165) is 18.5 Å². The lowest BCUT2D eigenvalue weighted by molar-refractivity contribution is -0.141. The van der Waals surface area contributed by atoms with Gasteiger partial charge in [0.2, 0.25) is 0 Å². The Kier molecular flexibility index (Phi) is 4.19. The molecule has 0 amide bonds. The second kappa shape index (κ2) is 5.67. The third kappa shape index (κ3) is 3.43. The first-order chi connectivity index (χ1) is 8.58. The Morgan fingerprint density at radius 2 is 2.44 bits per heavy atom. The molecular weight excluding hydrogens is 254 g/mol. The van der Waals surface area contributed by atoms with Crippen LogP contribution in [0, 0.1) is 5.92 Å². The fourth-order valence-electron chi connectivity index (χ4n) is 1.95. The van der Waals surface area contributed by atoms with E-state index in [-0.39, 0.29) is 18.1 Å². The van der Waals surface area contributed by atoms with Crippen LogP contribution >= 0.6 is 11.6 Å². The molecule has 1 aliphatic heterocycles. The van der Waals surface area contributed by atoms with E-state index in [0.29, 0.717) is 11.4 Å². The summed E-state index contributed by atoms with van der Waals surface area (Å²) in [4.78, 5) is 14.9. The van der Waals surface area contributed by atoms with Crippen molar-refractivity contribution >= 4 is 17.6 Å². The average Bonchev–Trinajstić information content (AvgIpc) is 3.08. The predicted octanol–water partition coefficient (Wildman–Crippen LogP) is 3.07. The minimum Gasteiger partial charge on any atom is -0.481 e. The molecule has 0 radical (unpaired) electrons. The topological polar surface area (TPSA) is 62.7 Å². The minimum atomic E-state index is -0.736. The Morgan fingerprint density at radius 1 is 1.67 bits per heavy atom. The first kappa shape index (κ1) is 13.3. The number of hydrogen-bond donors (Lipinski definition) is 1. The second-order valence-electron chi connectivity index (χ2n) is 4.66. The van der Waals surface area contributed by atoms with Crippen LogP contribution in [-0.4, -0.2) is 22.2 Å². The van der Waals surface area contributed by atoms with Gasteiger partial charge in [0.25, 0.3) is 0 Å². The fourth-order valence-corrected chi connectivity index (χ4v) is 2.12. The minimum absolute atomic E-state index is 0.0313. The highest BCUT2D eigenvalue weighted by atomic mass is 35.5. The molecule has 3 unspecified atom stereocenters. The second-order valence-corrected chi connectivity index (χ2v) is 5.10. The Labute approximate surface area is 111 Å². The third-order valence-corrected chi connectivity index (χ3v) is 3.40. The van der Waals surface area contributed by atoms with Gasteiger partial charge in [-0.05, 0) is 31.4 Å². The largest absolute Gasteiger partial charge is 0.481 e. The first-order valence-corrected chi connectivity index (χ1v) is 6.45. The van der Waals surface area contributed by atoms with E-state index < -0.39 is 5.97 Å². The Bertz CT molecular complexity index is 438. The van der Waals surface area contributed by atoms with E-state index >= 15 is 0 Å². The lowest BCUT2D eigenvalue weighted by Crippen LogP contribution is -2.09. The maximum Gasteiger partial charge on any atom is 0.306 e. The van der Waals surface area contributed by atoms with E-state index in [1.54, 1.807) is 19.2 Å². The van der Waals surface area contributed by atoms with Crippen LogP contribution in [0.25, 0.3) is 0 Å². The van der Waals surface area contributed by atoms with Gasteiger partial charge in [-0.1, -0.05) is 18.5 Å². The molecule has 0 saturated carbocycles. The molecule has 1 N–H and O–H groups in total. The molecule has 98 valence electrons. The van der Waals surface area contributed by atoms with Crippen molar-refractivity contribution in [1.29, 1.82) is 0 Å². The number of hydrogen-bond acceptors (Lipinski definition) is 3. The van der Waals surface area contributed by atoms with Gasteiger partial charge in [0.1, 0.15) is 6.10 Å².